The fourth-order valence-corrected chi connectivity index (χ4v) is 4.03. The summed E-state index contributed by atoms with van der Waals surface area (Å²) < 4.78 is 0. The summed E-state index contributed by atoms with van der Waals surface area (Å²) in [6.07, 6.45) is 0. The van der Waals surface area contributed by atoms with Crippen LogP contribution in [0, 0.1) is 6.92 Å². The van der Waals surface area contributed by atoms with E-state index in [-0.39, 0.29) is 10.9 Å². The largest absolute Gasteiger partial charge is 0.507 e. The van der Waals surface area contributed by atoms with E-state index in [0.29, 0.717) is 10.4 Å². The van der Waals surface area contributed by atoms with Crippen molar-refractivity contribution in [1.29, 1.82) is 0 Å². The molecule has 21 heavy (non-hydrogen) atoms. The number of hydrogen-bond acceptors (Lipinski definition) is 5. The highest BCUT2D eigenvalue weighted by atomic mass is 32.1. The first-order chi connectivity index (χ1) is 10.1. The van der Waals surface area contributed by atoms with E-state index in [0.717, 1.165) is 21.1 Å². The van der Waals surface area contributed by atoms with E-state index in [2.05, 4.69) is 17.6 Å². The Balaban J connectivity index is 2.03. The van der Waals surface area contributed by atoms with Gasteiger partial charge in [0, 0.05) is 21.4 Å². The summed E-state index contributed by atoms with van der Waals surface area (Å²) in [6, 6.07) is 8.93. The van der Waals surface area contributed by atoms with Crippen LogP contribution in [0.2, 0.25) is 0 Å². The molecule has 0 saturated carbocycles. The Labute approximate surface area is 135 Å². The van der Waals surface area contributed by atoms with E-state index >= 15 is 0 Å². The standard InChI is InChI=1S/C15H11NO2S3/c1-8-10(6-13(21-8)15(18)19)14-16-11(7-20-14)9-4-2-3-5-12(9)17/h2-7,17H,1H3,(H,18,19). The number of carbonyl (C=O) groups is 1. The molecule has 0 aliphatic rings. The van der Waals surface area contributed by atoms with Crippen LogP contribution in [0.1, 0.15) is 14.5 Å². The van der Waals surface area contributed by atoms with Gasteiger partial charge in [0.25, 0.3) is 0 Å². The van der Waals surface area contributed by atoms with Gasteiger partial charge in [0.1, 0.15) is 10.8 Å². The predicted octanol–water partition coefficient (Wildman–Crippen LogP) is 4.62. The highest BCUT2D eigenvalue weighted by molar-refractivity contribution is 7.97. The maximum atomic E-state index is 11.3. The number of aromatic nitrogens is 1. The van der Waals surface area contributed by atoms with Gasteiger partial charge in [0.05, 0.1) is 10.6 Å². The zero-order valence-electron chi connectivity index (χ0n) is 11.0. The van der Waals surface area contributed by atoms with E-state index in [1.54, 1.807) is 12.1 Å². The smallest absolute Gasteiger partial charge is 0.226 e. The van der Waals surface area contributed by atoms with Gasteiger partial charge in [-0.05, 0) is 25.1 Å². The number of phenolic OH excluding ortho intramolecular Hbond substituents is 1. The molecular weight excluding hydrogens is 322 g/mol. The number of phenols is 1. The van der Waals surface area contributed by atoms with Crippen molar-refractivity contribution >= 4 is 40.4 Å². The van der Waals surface area contributed by atoms with Crippen LogP contribution < -0.4 is 0 Å². The molecule has 2 heterocycles. The summed E-state index contributed by atoms with van der Waals surface area (Å²) >= 11 is 6.77. The third kappa shape index (κ3) is 2.74. The Morgan fingerprint density at radius 1 is 1.29 bits per heavy atom. The molecule has 0 fully saturated rings. The molecule has 1 aromatic carbocycles. The SMILES string of the molecule is Cc1sc(C(=O)S)cc1-c1nc(-c2ccccc2O)cs1. The lowest BCUT2D eigenvalue weighted by atomic mass is 10.1. The molecule has 3 aromatic rings. The minimum absolute atomic E-state index is 0.211. The predicted molar refractivity (Wildman–Crippen MR) is 90.6 cm³/mol. The minimum Gasteiger partial charge on any atom is -0.507 e. The van der Waals surface area contributed by atoms with Gasteiger partial charge in [0.15, 0.2) is 0 Å². The summed E-state index contributed by atoms with van der Waals surface area (Å²) in [5.41, 5.74) is 2.39. The average molecular weight is 333 g/mol. The number of carbonyl (C=O) groups excluding carboxylic acids is 1. The summed E-state index contributed by atoms with van der Waals surface area (Å²) in [6.45, 7) is 1.96. The van der Waals surface area contributed by atoms with E-state index in [4.69, 9.17) is 0 Å². The van der Waals surface area contributed by atoms with Crippen molar-refractivity contribution in [2.75, 3.05) is 0 Å². The summed E-state index contributed by atoms with van der Waals surface area (Å²) in [5, 5.41) is 12.4. The lowest BCUT2D eigenvalue weighted by Gasteiger charge is -1.99. The number of para-hydroxylation sites is 1. The molecule has 106 valence electrons. The van der Waals surface area contributed by atoms with E-state index in [9.17, 15) is 9.90 Å². The molecule has 0 unspecified atom stereocenters. The number of benzene rings is 1. The summed E-state index contributed by atoms with van der Waals surface area (Å²) in [4.78, 5) is 17.6. The van der Waals surface area contributed by atoms with Crippen LogP contribution in [-0.4, -0.2) is 15.2 Å². The van der Waals surface area contributed by atoms with Gasteiger partial charge in [0.2, 0.25) is 5.12 Å². The Morgan fingerprint density at radius 3 is 2.71 bits per heavy atom. The monoisotopic (exact) mass is 333 g/mol. The van der Waals surface area contributed by atoms with Crippen molar-refractivity contribution in [1.82, 2.24) is 4.98 Å². The summed E-state index contributed by atoms with van der Waals surface area (Å²) in [5.74, 6) is 0.211. The maximum Gasteiger partial charge on any atom is 0.226 e. The molecule has 0 spiro atoms. The second-order valence-electron chi connectivity index (χ2n) is 4.44. The van der Waals surface area contributed by atoms with Gasteiger partial charge in [-0.15, -0.1) is 22.7 Å². The fraction of sp³-hybridized carbons (Fsp3) is 0.0667. The van der Waals surface area contributed by atoms with Crippen LogP contribution in [0.15, 0.2) is 35.7 Å². The third-order valence-corrected chi connectivity index (χ3v) is 5.36. The van der Waals surface area contributed by atoms with Gasteiger partial charge in [-0.1, -0.05) is 24.8 Å². The van der Waals surface area contributed by atoms with Crippen molar-refractivity contribution < 1.29 is 9.90 Å². The number of thiol groups is 1. The van der Waals surface area contributed by atoms with Crippen LogP contribution in [0.4, 0.5) is 0 Å². The van der Waals surface area contributed by atoms with E-state index in [1.165, 1.54) is 22.7 Å². The molecule has 0 aliphatic heterocycles. The fourth-order valence-electron chi connectivity index (χ4n) is 2.01. The zero-order chi connectivity index (χ0) is 15.0. The number of aromatic hydroxyl groups is 1. The Hall–Kier alpha value is -1.63. The van der Waals surface area contributed by atoms with Crippen molar-refractivity contribution in [2.45, 2.75) is 6.92 Å². The topological polar surface area (TPSA) is 50.2 Å². The molecule has 0 saturated heterocycles. The van der Waals surface area contributed by atoms with Crippen molar-refractivity contribution in [3.63, 3.8) is 0 Å². The van der Waals surface area contributed by atoms with E-state index < -0.39 is 0 Å². The van der Waals surface area contributed by atoms with Gasteiger partial charge >= 0.3 is 0 Å². The first kappa shape index (κ1) is 14.3. The number of nitrogens with zero attached hydrogens (tertiary/aromatic N) is 1. The number of thiophene rings is 1. The minimum atomic E-state index is -0.230. The lowest BCUT2D eigenvalue weighted by molar-refractivity contribution is 0.109. The first-order valence-corrected chi connectivity index (χ1v) is 8.28. The zero-order valence-corrected chi connectivity index (χ0v) is 13.6. The lowest BCUT2D eigenvalue weighted by Crippen LogP contribution is -1.81. The molecule has 0 bridgehead atoms. The Bertz CT molecular complexity index is 820. The van der Waals surface area contributed by atoms with Crippen LogP contribution in [0.5, 0.6) is 5.75 Å². The van der Waals surface area contributed by atoms with Gasteiger partial charge in [-0.25, -0.2) is 4.98 Å². The quantitative estimate of drug-likeness (QED) is 0.688. The third-order valence-electron chi connectivity index (χ3n) is 3.04. The van der Waals surface area contributed by atoms with Crippen molar-refractivity contribution in [3.05, 3.63) is 45.5 Å². The molecule has 1 N–H and O–H groups in total. The van der Waals surface area contributed by atoms with E-state index in [1.807, 2.05) is 30.5 Å². The van der Waals surface area contributed by atoms with Crippen LogP contribution >= 0.6 is 35.3 Å². The van der Waals surface area contributed by atoms with Crippen LogP contribution in [0.25, 0.3) is 21.8 Å². The second kappa shape index (κ2) is 5.63. The van der Waals surface area contributed by atoms with Gasteiger partial charge in [-0.2, -0.15) is 0 Å². The Kier molecular flexibility index (Phi) is 3.84. The molecule has 0 atom stereocenters. The number of thiazole rings is 1. The number of rotatable bonds is 3. The van der Waals surface area contributed by atoms with Crippen molar-refractivity contribution in [3.8, 4) is 27.6 Å². The molecule has 0 radical (unpaired) electrons. The molecule has 6 heteroatoms. The molecule has 0 aliphatic carbocycles. The Morgan fingerprint density at radius 2 is 2.05 bits per heavy atom. The second-order valence-corrected chi connectivity index (χ2v) is 6.96. The maximum absolute atomic E-state index is 11.3. The highest BCUT2D eigenvalue weighted by Crippen LogP contribution is 2.37. The number of hydrogen-bond donors (Lipinski definition) is 2. The van der Waals surface area contributed by atoms with Gasteiger partial charge < -0.3 is 5.11 Å². The molecule has 3 rings (SSSR count). The number of aryl methyl sites for hydroxylation is 1. The first-order valence-electron chi connectivity index (χ1n) is 6.14. The van der Waals surface area contributed by atoms with Gasteiger partial charge in [-0.3, -0.25) is 4.79 Å². The van der Waals surface area contributed by atoms with Crippen molar-refractivity contribution in [2.24, 2.45) is 0 Å². The molecule has 3 nitrogen and oxygen atoms in total. The highest BCUT2D eigenvalue weighted by Gasteiger charge is 2.15. The van der Waals surface area contributed by atoms with Crippen LogP contribution in [-0.2, 0) is 0 Å². The molecule has 2 aromatic heterocycles. The normalized spacial score (nSPS) is 10.8. The summed E-state index contributed by atoms with van der Waals surface area (Å²) in [7, 11) is 0. The molecule has 0 amide bonds. The molecular formula is C15H11NO2S3. The van der Waals surface area contributed by atoms with Crippen LogP contribution in [0.3, 0.4) is 0 Å². The average Bonchev–Trinajstić information content (AvgIpc) is 3.05.